The number of halogens is 2. The fourth-order valence-corrected chi connectivity index (χ4v) is 3.20. The zero-order valence-electron chi connectivity index (χ0n) is 10.5. The Morgan fingerprint density at radius 2 is 1.95 bits per heavy atom. The van der Waals surface area contributed by atoms with E-state index < -0.39 is 33.1 Å². The van der Waals surface area contributed by atoms with Crippen LogP contribution < -0.4 is 0 Å². The lowest BCUT2D eigenvalue weighted by Gasteiger charge is -2.08. The van der Waals surface area contributed by atoms with Gasteiger partial charge < -0.3 is 9.67 Å². The van der Waals surface area contributed by atoms with Gasteiger partial charge in [-0.05, 0) is 24.3 Å². The van der Waals surface area contributed by atoms with Gasteiger partial charge in [-0.2, -0.15) is 0 Å². The van der Waals surface area contributed by atoms with Crippen molar-refractivity contribution in [1.82, 2.24) is 9.55 Å². The van der Waals surface area contributed by atoms with Gasteiger partial charge in [0.2, 0.25) is 0 Å². The zero-order chi connectivity index (χ0) is 15.6. The smallest absolute Gasteiger partial charge is 0.318 e. The quantitative estimate of drug-likeness (QED) is 0.899. The SMILES string of the molecule is O=C(O)CS(=O)(=O)Cc1c(Cl)ncn1-c1ccc(F)cc1. The molecule has 0 radical (unpaired) electrons. The predicted octanol–water partition coefficient (Wildman–Crippen LogP) is 1.66. The van der Waals surface area contributed by atoms with Gasteiger partial charge in [0.05, 0.1) is 11.4 Å². The molecule has 9 heteroatoms. The van der Waals surface area contributed by atoms with Gasteiger partial charge in [-0.25, -0.2) is 17.8 Å². The number of carbonyl (C=O) groups is 1. The third-order valence-corrected chi connectivity index (χ3v) is 4.34. The van der Waals surface area contributed by atoms with Gasteiger partial charge in [-0.15, -0.1) is 0 Å². The Hall–Kier alpha value is -1.93. The number of hydrogen-bond donors (Lipinski definition) is 1. The lowest BCUT2D eigenvalue weighted by atomic mass is 10.3. The second kappa shape index (κ2) is 5.82. The highest BCUT2D eigenvalue weighted by atomic mass is 35.5. The van der Waals surface area contributed by atoms with Crippen molar-refractivity contribution in [1.29, 1.82) is 0 Å². The van der Waals surface area contributed by atoms with Crippen LogP contribution in [0.5, 0.6) is 0 Å². The summed E-state index contributed by atoms with van der Waals surface area (Å²) < 4.78 is 37.8. The summed E-state index contributed by atoms with van der Waals surface area (Å²) in [6.45, 7) is 0. The minimum atomic E-state index is -3.88. The van der Waals surface area contributed by atoms with Gasteiger partial charge in [0.1, 0.15) is 17.9 Å². The number of nitrogens with zero attached hydrogens (tertiary/aromatic N) is 2. The van der Waals surface area contributed by atoms with Crippen LogP contribution in [0, 0.1) is 5.82 Å². The van der Waals surface area contributed by atoms with Crippen LogP contribution in [0.3, 0.4) is 0 Å². The fraction of sp³-hybridized carbons (Fsp3) is 0.167. The summed E-state index contributed by atoms with van der Waals surface area (Å²) in [6.07, 6.45) is 1.29. The maximum Gasteiger partial charge on any atom is 0.318 e. The molecular weight excluding hydrogens is 323 g/mol. The molecule has 0 atom stereocenters. The fourth-order valence-electron chi connectivity index (χ4n) is 1.75. The van der Waals surface area contributed by atoms with Crippen molar-refractivity contribution >= 4 is 27.4 Å². The third kappa shape index (κ3) is 3.79. The number of benzene rings is 1. The zero-order valence-corrected chi connectivity index (χ0v) is 12.1. The number of aliphatic carboxylic acids is 1. The predicted molar refractivity (Wildman–Crippen MR) is 73.7 cm³/mol. The van der Waals surface area contributed by atoms with E-state index in [4.69, 9.17) is 16.7 Å². The molecule has 0 bridgehead atoms. The average Bonchev–Trinajstić information content (AvgIpc) is 2.70. The Morgan fingerprint density at radius 3 is 2.52 bits per heavy atom. The molecule has 0 amide bonds. The van der Waals surface area contributed by atoms with E-state index in [9.17, 15) is 17.6 Å². The second-order valence-corrected chi connectivity index (χ2v) is 6.68. The Bertz CT molecular complexity index is 771. The number of carboxylic acids is 1. The van der Waals surface area contributed by atoms with Crippen molar-refractivity contribution in [3.63, 3.8) is 0 Å². The van der Waals surface area contributed by atoms with Crippen LogP contribution in [-0.4, -0.2) is 34.8 Å². The normalized spacial score (nSPS) is 11.5. The minimum absolute atomic E-state index is 0.0479. The molecule has 0 saturated carbocycles. The monoisotopic (exact) mass is 332 g/mol. The van der Waals surface area contributed by atoms with Gasteiger partial charge >= 0.3 is 5.97 Å². The van der Waals surface area contributed by atoms with E-state index >= 15 is 0 Å². The van der Waals surface area contributed by atoms with Crippen molar-refractivity contribution in [3.8, 4) is 5.69 Å². The van der Waals surface area contributed by atoms with Gasteiger partial charge in [-0.1, -0.05) is 11.6 Å². The number of carboxylic acid groups (broad SMARTS) is 1. The lowest BCUT2D eigenvalue weighted by molar-refractivity contribution is -0.134. The molecule has 2 aromatic rings. The highest BCUT2D eigenvalue weighted by Gasteiger charge is 2.22. The Balaban J connectivity index is 2.39. The first-order valence-electron chi connectivity index (χ1n) is 5.68. The van der Waals surface area contributed by atoms with Gasteiger partial charge in [0.25, 0.3) is 0 Å². The van der Waals surface area contributed by atoms with Crippen LogP contribution in [0.25, 0.3) is 5.69 Å². The molecule has 0 aliphatic heterocycles. The summed E-state index contributed by atoms with van der Waals surface area (Å²) in [5.41, 5.74) is 0.598. The molecule has 2 rings (SSSR count). The molecule has 21 heavy (non-hydrogen) atoms. The molecule has 0 fully saturated rings. The minimum Gasteiger partial charge on any atom is -0.480 e. The van der Waals surface area contributed by atoms with Gasteiger partial charge in [0, 0.05) is 5.69 Å². The van der Waals surface area contributed by atoms with E-state index in [2.05, 4.69) is 4.98 Å². The highest BCUT2D eigenvalue weighted by molar-refractivity contribution is 7.91. The maximum atomic E-state index is 12.9. The van der Waals surface area contributed by atoms with Crippen LogP contribution >= 0.6 is 11.6 Å². The number of hydrogen-bond acceptors (Lipinski definition) is 4. The molecule has 112 valence electrons. The summed E-state index contributed by atoms with van der Waals surface area (Å²) in [6, 6.07) is 5.28. The van der Waals surface area contributed by atoms with E-state index in [0.717, 1.165) is 0 Å². The molecule has 1 aromatic carbocycles. The molecule has 0 aliphatic carbocycles. The van der Waals surface area contributed by atoms with Crippen molar-refractivity contribution < 1.29 is 22.7 Å². The van der Waals surface area contributed by atoms with Crippen LogP contribution in [0.2, 0.25) is 5.15 Å². The molecule has 1 aromatic heterocycles. The van der Waals surface area contributed by atoms with Crippen LogP contribution in [0.1, 0.15) is 5.69 Å². The van der Waals surface area contributed by atoms with E-state index in [1.54, 1.807) is 0 Å². The summed E-state index contributed by atoms with van der Waals surface area (Å²) >= 11 is 5.85. The largest absolute Gasteiger partial charge is 0.480 e. The number of imidazole rings is 1. The molecule has 0 saturated heterocycles. The van der Waals surface area contributed by atoms with Crippen LogP contribution in [0.15, 0.2) is 30.6 Å². The first-order valence-corrected chi connectivity index (χ1v) is 7.88. The van der Waals surface area contributed by atoms with Crippen molar-refractivity contribution in [2.24, 2.45) is 0 Å². The van der Waals surface area contributed by atoms with Crippen molar-refractivity contribution in [2.75, 3.05) is 5.75 Å². The Labute approximate surface area is 124 Å². The molecule has 1 N–H and O–H groups in total. The van der Waals surface area contributed by atoms with Gasteiger partial charge in [-0.3, -0.25) is 4.79 Å². The third-order valence-electron chi connectivity index (χ3n) is 2.62. The molecule has 6 nitrogen and oxygen atoms in total. The summed E-state index contributed by atoms with van der Waals surface area (Å²) in [5, 5.41) is 8.54. The first kappa shape index (κ1) is 15.5. The topological polar surface area (TPSA) is 89.3 Å². The van der Waals surface area contributed by atoms with E-state index in [1.165, 1.54) is 35.2 Å². The molecular formula is C12H10ClFN2O4S. The maximum absolute atomic E-state index is 12.9. The summed E-state index contributed by atoms with van der Waals surface area (Å²) in [7, 11) is -3.88. The van der Waals surface area contributed by atoms with E-state index in [-0.39, 0.29) is 10.8 Å². The Morgan fingerprint density at radius 1 is 1.33 bits per heavy atom. The van der Waals surface area contributed by atoms with E-state index in [0.29, 0.717) is 5.69 Å². The van der Waals surface area contributed by atoms with Crippen molar-refractivity contribution in [3.05, 3.63) is 47.3 Å². The van der Waals surface area contributed by atoms with Crippen LogP contribution in [-0.2, 0) is 20.4 Å². The molecule has 0 spiro atoms. The Kier molecular flexibility index (Phi) is 4.29. The number of aromatic nitrogens is 2. The standard InChI is InChI=1S/C12H10ClFN2O4S/c13-12-10(5-21(19,20)6-11(17)18)16(7-15-12)9-3-1-8(14)2-4-9/h1-4,7H,5-6H2,(H,17,18). The average molecular weight is 333 g/mol. The number of sulfone groups is 1. The molecule has 1 heterocycles. The van der Waals surface area contributed by atoms with Crippen LogP contribution in [0.4, 0.5) is 4.39 Å². The highest BCUT2D eigenvalue weighted by Crippen LogP contribution is 2.21. The van der Waals surface area contributed by atoms with Crippen molar-refractivity contribution in [2.45, 2.75) is 5.75 Å². The molecule has 0 unspecified atom stereocenters. The second-order valence-electron chi connectivity index (χ2n) is 4.25. The lowest BCUT2D eigenvalue weighted by Crippen LogP contribution is -2.18. The summed E-state index contributed by atoms with van der Waals surface area (Å²) in [4.78, 5) is 14.3. The number of rotatable bonds is 5. The summed E-state index contributed by atoms with van der Waals surface area (Å²) in [5.74, 6) is -3.46. The van der Waals surface area contributed by atoms with E-state index in [1.807, 2.05) is 0 Å². The molecule has 0 aliphatic rings. The van der Waals surface area contributed by atoms with Gasteiger partial charge in [0.15, 0.2) is 15.0 Å². The first-order chi connectivity index (χ1) is 9.78.